The summed E-state index contributed by atoms with van der Waals surface area (Å²) in [4.78, 5) is 23.8. The summed E-state index contributed by atoms with van der Waals surface area (Å²) < 4.78 is 0. The van der Waals surface area contributed by atoms with E-state index in [9.17, 15) is 14.7 Å². The molecule has 1 aromatic rings. The molecule has 0 aliphatic heterocycles. The van der Waals surface area contributed by atoms with Crippen molar-refractivity contribution < 1.29 is 14.7 Å². The molecule has 132 valence electrons. The van der Waals surface area contributed by atoms with Crippen molar-refractivity contribution in [1.29, 1.82) is 0 Å². The van der Waals surface area contributed by atoms with Crippen LogP contribution >= 0.6 is 0 Å². The number of amides is 2. The number of hydrogen-bond acceptors (Lipinski definition) is 3. The number of anilines is 1. The molecule has 5 heteroatoms. The van der Waals surface area contributed by atoms with Gasteiger partial charge in [0, 0.05) is 18.2 Å². The van der Waals surface area contributed by atoms with Crippen LogP contribution in [-0.4, -0.2) is 29.6 Å². The average Bonchev–Trinajstić information content (AvgIpc) is 2.99. The van der Waals surface area contributed by atoms with Crippen LogP contribution in [-0.2, 0) is 16.0 Å². The van der Waals surface area contributed by atoms with E-state index in [-0.39, 0.29) is 12.0 Å². The number of unbranched alkanes of at least 4 members (excludes halogenated alkanes) is 2. The van der Waals surface area contributed by atoms with E-state index >= 15 is 0 Å². The zero-order valence-corrected chi connectivity index (χ0v) is 14.4. The molecule has 24 heavy (non-hydrogen) atoms. The normalized spacial score (nSPS) is 19.9. The molecule has 3 N–H and O–H groups in total. The molecule has 0 bridgehead atoms. The highest BCUT2D eigenvalue weighted by atomic mass is 16.3. The van der Waals surface area contributed by atoms with Gasteiger partial charge in [0.2, 0.25) is 0 Å². The van der Waals surface area contributed by atoms with Crippen molar-refractivity contribution in [3.63, 3.8) is 0 Å². The van der Waals surface area contributed by atoms with E-state index in [1.54, 1.807) is 0 Å². The number of carbonyl (C=O) groups excluding carboxylic acids is 2. The van der Waals surface area contributed by atoms with Crippen LogP contribution in [0.15, 0.2) is 24.3 Å². The Morgan fingerprint density at radius 1 is 1.12 bits per heavy atom. The van der Waals surface area contributed by atoms with Crippen LogP contribution < -0.4 is 10.6 Å². The van der Waals surface area contributed by atoms with Gasteiger partial charge in [-0.25, -0.2) is 0 Å². The molecule has 1 aromatic carbocycles. The molecule has 1 aliphatic carbocycles. The van der Waals surface area contributed by atoms with Gasteiger partial charge in [0.05, 0.1) is 6.10 Å². The van der Waals surface area contributed by atoms with Crippen molar-refractivity contribution >= 4 is 17.5 Å². The molecule has 2 amide bonds. The lowest BCUT2D eigenvalue weighted by molar-refractivity contribution is -0.136. The van der Waals surface area contributed by atoms with Crippen molar-refractivity contribution in [2.45, 2.75) is 58.0 Å². The Kier molecular flexibility index (Phi) is 7.25. The Morgan fingerprint density at radius 3 is 2.50 bits per heavy atom. The Labute approximate surface area is 143 Å². The Bertz CT molecular complexity index is 542. The largest absolute Gasteiger partial charge is 0.393 e. The molecule has 2 unspecified atom stereocenters. The highest BCUT2D eigenvalue weighted by Crippen LogP contribution is 2.24. The monoisotopic (exact) mass is 332 g/mol. The first kappa shape index (κ1) is 18.5. The van der Waals surface area contributed by atoms with Gasteiger partial charge in [-0.15, -0.1) is 0 Å². The molecule has 5 nitrogen and oxygen atoms in total. The summed E-state index contributed by atoms with van der Waals surface area (Å²) in [5.41, 5.74) is 1.86. The van der Waals surface area contributed by atoms with Crippen LogP contribution in [0.2, 0.25) is 0 Å². The molecule has 1 fully saturated rings. The molecule has 0 saturated heterocycles. The summed E-state index contributed by atoms with van der Waals surface area (Å²) >= 11 is 0. The third-order valence-electron chi connectivity index (χ3n) is 4.63. The predicted octanol–water partition coefficient (Wildman–Crippen LogP) is 2.64. The molecule has 0 spiro atoms. The Hall–Kier alpha value is -1.88. The van der Waals surface area contributed by atoms with Gasteiger partial charge in [0.15, 0.2) is 0 Å². The van der Waals surface area contributed by atoms with Crippen molar-refractivity contribution in [3.8, 4) is 0 Å². The lowest BCUT2D eigenvalue weighted by atomic mass is 10.1. The van der Waals surface area contributed by atoms with Crippen molar-refractivity contribution in [2.75, 3.05) is 11.9 Å². The molecule has 2 rings (SSSR count). The number of benzene rings is 1. The van der Waals surface area contributed by atoms with Gasteiger partial charge in [0.1, 0.15) is 0 Å². The quantitative estimate of drug-likeness (QED) is 0.530. The topological polar surface area (TPSA) is 78.4 Å². The number of carbonyl (C=O) groups is 2. The number of aryl methyl sites for hydroxylation is 1. The van der Waals surface area contributed by atoms with Crippen LogP contribution in [0.3, 0.4) is 0 Å². The first-order valence-electron chi connectivity index (χ1n) is 8.96. The number of aliphatic hydroxyl groups excluding tert-OH is 1. The third kappa shape index (κ3) is 5.64. The van der Waals surface area contributed by atoms with E-state index < -0.39 is 11.8 Å². The van der Waals surface area contributed by atoms with E-state index in [0.29, 0.717) is 12.2 Å². The molecule has 2 atom stereocenters. The molecule has 0 aromatic heterocycles. The van der Waals surface area contributed by atoms with Crippen molar-refractivity contribution in [1.82, 2.24) is 5.32 Å². The molecular formula is C19H28N2O3. The van der Waals surface area contributed by atoms with Gasteiger partial charge < -0.3 is 15.7 Å². The van der Waals surface area contributed by atoms with Gasteiger partial charge in [-0.1, -0.05) is 38.3 Å². The lowest BCUT2D eigenvalue weighted by Gasteiger charge is -2.14. The minimum atomic E-state index is -0.666. The van der Waals surface area contributed by atoms with Crippen LogP contribution in [0.4, 0.5) is 5.69 Å². The molecule has 0 radical (unpaired) electrons. The second-order valence-corrected chi connectivity index (χ2v) is 6.58. The van der Waals surface area contributed by atoms with E-state index in [2.05, 4.69) is 17.6 Å². The fraction of sp³-hybridized carbons (Fsp3) is 0.579. The lowest BCUT2D eigenvalue weighted by Crippen LogP contribution is -2.39. The maximum absolute atomic E-state index is 11.9. The summed E-state index contributed by atoms with van der Waals surface area (Å²) in [6, 6.07) is 7.62. The average molecular weight is 332 g/mol. The highest BCUT2D eigenvalue weighted by Gasteiger charge is 2.26. The van der Waals surface area contributed by atoms with Gasteiger partial charge in [-0.2, -0.15) is 0 Å². The standard InChI is InChI=1S/C19H28N2O3/c1-2-3-4-6-14-9-11-16(12-10-14)21-19(24)18(23)20-13-15-7-5-8-17(15)22/h9-12,15,17,22H,2-8,13H2,1H3,(H,20,23)(H,21,24). The van der Waals surface area contributed by atoms with E-state index in [1.807, 2.05) is 24.3 Å². The minimum Gasteiger partial charge on any atom is -0.393 e. The van der Waals surface area contributed by atoms with Crippen LogP contribution in [0, 0.1) is 5.92 Å². The number of rotatable bonds is 7. The second-order valence-electron chi connectivity index (χ2n) is 6.58. The molecule has 0 heterocycles. The van der Waals surface area contributed by atoms with Gasteiger partial charge in [-0.05, 0) is 43.4 Å². The summed E-state index contributed by atoms with van der Waals surface area (Å²) in [7, 11) is 0. The molecular weight excluding hydrogens is 304 g/mol. The zero-order valence-electron chi connectivity index (χ0n) is 14.4. The first-order chi connectivity index (χ1) is 11.6. The van der Waals surface area contributed by atoms with Crippen LogP contribution in [0.5, 0.6) is 0 Å². The predicted molar refractivity (Wildman–Crippen MR) is 94.7 cm³/mol. The molecule has 1 saturated carbocycles. The van der Waals surface area contributed by atoms with E-state index in [1.165, 1.54) is 18.4 Å². The highest BCUT2D eigenvalue weighted by molar-refractivity contribution is 6.39. The first-order valence-corrected chi connectivity index (χ1v) is 8.96. The maximum atomic E-state index is 11.9. The fourth-order valence-corrected chi connectivity index (χ4v) is 3.08. The fourth-order valence-electron chi connectivity index (χ4n) is 3.08. The third-order valence-corrected chi connectivity index (χ3v) is 4.63. The molecule has 1 aliphatic rings. The number of nitrogens with one attached hydrogen (secondary N) is 2. The summed E-state index contributed by atoms with van der Waals surface area (Å²) in [5, 5.41) is 14.9. The summed E-state index contributed by atoms with van der Waals surface area (Å²) in [5.74, 6) is -1.26. The maximum Gasteiger partial charge on any atom is 0.313 e. The SMILES string of the molecule is CCCCCc1ccc(NC(=O)C(=O)NCC2CCCC2O)cc1. The van der Waals surface area contributed by atoms with Gasteiger partial charge in [-0.3, -0.25) is 9.59 Å². The van der Waals surface area contributed by atoms with Crippen LogP contribution in [0.1, 0.15) is 51.0 Å². The zero-order chi connectivity index (χ0) is 17.4. The van der Waals surface area contributed by atoms with Crippen molar-refractivity contribution in [2.24, 2.45) is 5.92 Å². The van der Waals surface area contributed by atoms with Gasteiger partial charge >= 0.3 is 11.8 Å². The Morgan fingerprint density at radius 2 is 1.88 bits per heavy atom. The number of hydrogen-bond donors (Lipinski definition) is 3. The van der Waals surface area contributed by atoms with E-state index in [0.717, 1.165) is 32.1 Å². The number of aliphatic hydroxyl groups is 1. The van der Waals surface area contributed by atoms with E-state index in [4.69, 9.17) is 0 Å². The minimum absolute atomic E-state index is 0.0594. The summed E-state index contributed by atoms with van der Waals surface area (Å²) in [6.07, 6.45) is 6.88. The van der Waals surface area contributed by atoms with Gasteiger partial charge in [0.25, 0.3) is 0 Å². The van der Waals surface area contributed by atoms with Crippen molar-refractivity contribution in [3.05, 3.63) is 29.8 Å². The smallest absolute Gasteiger partial charge is 0.313 e. The second kappa shape index (κ2) is 9.42. The Balaban J connectivity index is 1.75. The van der Waals surface area contributed by atoms with Crippen LogP contribution in [0.25, 0.3) is 0 Å². The summed E-state index contributed by atoms with van der Waals surface area (Å²) in [6.45, 7) is 2.53.